The molecule has 0 aliphatic heterocycles. The molecule has 0 saturated carbocycles. The molecule has 0 aromatic carbocycles. The first-order valence-electron chi connectivity index (χ1n) is 6.52. The van der Waals surface area contributed by atoms with Crippen molar-refractivity contribution in [1.82, 2.24) is 10.2 Å². The van der Waals surface area contributed by atoms with E-state index in [1.807, 2.05) is 6.92 Å². The number of aromatic nitrogens is 2. The molecule has 1 heterocycles. The van der Waals surface area contributed by atoms with Crippen LogP contribution < -0.4 is 0 Å². The fourth-order valence-electron chi connectivity index (χ4n) is 1.49. The second kappa shape index (κ2) is 8.98. The van der Waals surface area contributed by atoms with E-state index in [-0.39, 0.29) is 18.0 Å². The van der Waals surface area contributed by atoms with Crippen LogP contribution >= 0.6 is 0 Å². The largest absolute Gasteiger partial charge is 0.299 e. The number of rotatable bonds is 7. The van der Waals surface area contributed by atoms with Gasteiger partial charge in [-0.2, -0.15) is 5.10 Å². The molecule has 0 aliphatic carbocycles. The van der Waals surface area contributed by atoms with Crippen molar-refractivity contribution in [3.8, 4) is 11.8 Å². The second-order valence-corrected chi connectivity index (χ2v) is 4.27. The van der Waals surface area contributed by atoms with Crippen molar-refractivity contribution in [3.05, 3.63) is 24.0 Å². The summed E-state index contributed by atoms with van der Waals surface area (Å²) < 4.78 is 0. The summed E-state index contributed by atoms with van der Waals surface area (Å²) >= 11 is 0. The minimum absolute atomic E-state index is 0.0328. The first-order valence-corrected chi connectivity index (χ1v) is 6.52. The van der Waals surface area contributed by atoms with Crippen LogP contribution in [0.5, 0.6) is 0 Å². The lowest BCUT2D eigenvalue weighted by molar-refractivity contribution is -0.127. The SMILES string of the molecule is CCCCC(=O)CC(=O)CCC#Cc1cccnn1. The van der Waals surface area contributed by atoms with Gasteiger partial charge >= 0.3 is 0 Å². The van der Waals surface area contributed by atoms with Crippen LogP contribution in [0.2, 0.25) is 0 Å². The molecular weight excluding hydrogens is 240 g/mol. The predicted molar refractivity (Wildman–Crippen MR) is 72.3 cm³/mol. The second-order valence-electron chi connectivity index (χ2n) is 4.27. The molecule has 0 bridgehead atoms. The van der Waals surface area contributed by atoms with E-state index in [9.17, 15) is 9.59 Å². The number of carbonyl (C=O) groups excluding carboxylic acids is 2. The van der Waals surface area contributed by atoms with Gasteiger partial charge in [0.1, 0.15) is 17.3 Å². The van der Waals surface area contributed by atoms with Gasteiger partial charge in [-0.15, -0.1) is 5.10 Å². The van der Waals surface area contributed by atoms with Gasteiger partial charge in [0.05, 0.1) is 6.42 Å². The number of carbonyl (C=O) groups is 2. The molecule has 0 saturated heterocycles. The van der Waals surface area contributed by atoms with Gasteiger partial charge in [-0.1, -0.05) is 19.3 Å². The van der Waals surface area contributed by atoms with E-state index in [0.717, 1.165) is 12.8 Å². The third kappa shape index (κ3) is 7.10. The van der Waals surface area contributed by atoms with Crippen molar-refractivity contribution in [1.29, 1.82) is 0 Å². The molecule has 0 atom stereocenters. The minimum atomic E-state index is -0.0328. The summed E-state index contributed by atoms with van der Waals surface area (Å²) in [4.78, 5) is 22.9. The van der Waals surface area contributed by atoms with E-state index < -0.39 is 0 Å². The molecule has 1 aromatic rings. The lowest BCUT2D eigenvalue weighted by Gasteiger charge is -1.97. The quantitative estimate of drug-likeness (QED) is 0.556. The summed E-state index contributed by atoms with van der Waals surface area (Å²) in [6.45, 7) is 2.02. The molecule has 0 aliphatic rings. The van der Waals surface area contributed by atoms with Gasteiger partial charge in [-0.25, -0.2) is 0 Å². The van der Waals surface area contributed by atoms with Crippen LogP contribution in [-0.4, -0.2) is 21.8 Å². The summed E-state index contributed by atoms with van der Waals surface area (Å²) in [7, 11) is 0. The normalized spacial score (nSPS) is 9.53. The summed E-state index contributed by atoms with van der Waals surface area (Å²) in [6.07, 6.45) is 4.75. The zero-order chi connectivity index (χ0) is 13.9. The van der Waals surface area contributed by atoms with E-state index in [4.69, 9.17) is 0 Å². The zero-order valence-electron chi connectivity index (χ0n) is 11.2. The topological polar surface area (TPSA) is 59.9 Å². The summed E-state index contributed by atoms with van der Waals surface area (Å²) in [5, 5.41) is 7.52. The van der Waals surface area contributed by atoms with Crippen molar-refractivity contribution in [3.63, 3.8) is 0 Å². The molecular formula is C15H18N2O2. The van der Waals surface area contributed by atoms with Gasteiger partial charge < -0.3 is 0 Å². The Balaban J connectivity index is 2.24. The number of Topliss-reactive ketones (excluding diaryl/α,β-unsaturated/α-hetero) is 2. The van der Waals surface area contributed by atoms with Gasteiger partial charge in [-0.05, 0) is 24.5 Å². The third-order valence-corrected chi connectivity index (χ3v) is 2.52. The van der Waals surface area contributed by atoms with Gasteiger partial charge in [-0.3, -0.25) is 9.59 Å². The van der Waals surface area contributed by atoms with Crippen LogP contribution in [-0.2, 0) is 9.59 Å². The molecule has 0 N–H and O–H groups in total. The maximum Gasteiger partial charge on any atom is 0.141 e. The number of unbranched alkanes of at least 4 members (excludes halogenated alkanes) is 1. The number of nitrogens with zero attached hydrogens (tertiary/aromatic N) is 2. The average Bonchev–Trinajstić information content (AvgIpc) is 2.42. The van der Waals surface area contributed by atoms with E-state index in [0.29, 0.717) is 25.0 Å². The Kier molecular flexibility index (Phi) is 7.11. The van der Waals surface area contributed by atoms with Crippen molar-refractivity contribution in [2.24, 2.45) is 0 Å². The molecule has 0 unspecified atom stereocenters. The highest BCUT2D eigenvalue weighted by Crippen LogP contribution is 2.02. The Hall–Kier alpha value is -2.02. The summed E-state index contributed by atoms with van der Waals surface area (Å²) in [5.74, 6) is 5.69. The van der Waals surface area contributed by atoms with Crippen LogP contribution in [0.1, 0.15) is 51.1 Å². The van der Waals surface area contributed by atoms with E-state index in [1.54, 1.807) is 18.3 Å². The highest BCUT2D eigenvalue weighted by atomic mass is 16.1. The summed E-state index contributed by atoms with van der Waals surface area (Å²) in [5.41, 5.74) is 0.592. The fourth-order valence-corrected chi connectivity index (χ4v) is 1.49. The van der Waals surface area contributed by atoms with Crippen LogP contribution in [0.25, 0.3) is 0 Å². The van der Waals surface area contributed by atoms with E-state index in [1.165, 1.54) is 0 Å². The maximum absolute atomic E-state index is 11.5. The Morgan fingerprint density at radius 1 is 1.26 bits per heavy atom. The zero-order valence-corrected chi connectivity index (χ0v) is 11.2. The molecule has 0 spiro atoms. The first kappa shape index (κ1) is 15.0. The standard InChI is InChI=1S/C15H18N2O2/c1-2-3-9-14(18)12-15(19)10-5-4-7-13-8-6-11-16-17-13/h6,8,11H,2-3,5,9-10,12H2,1H3. The first-order chi connectivity index (χ1) is 9.22. The highest BCUT2D eigenvalue weighted by Gasteiger charge is 2.07. The molecule has 0 fully saturated rings. The predicted octanol–water partition coefficient (Wildman–Crippen LogP) is 2.33. The molecule has 4 nitrogen and oxygen atoms in total. The Morgan fingerprint density at radius 3 is 2.74 bits per heavy atom. The monoisotopic (exact) mass is 258 g/mol. The summed E-state index contributed by atoms with van der Waals surface area (Å²) in [6, 6.07) is 3.52. The molecule has 19 heavy (non-hydrogen) atoms. The van der Waals surface area contributed by atoms with Crippen LogP contribution in [0.15, 0.2) is 18.3 Å². The van der Waals surface area contributed by atoms with Gasteiger partial charge in [0.2, 0.25) is 0 Å². The molecule has 4 heteroatoms. The van der Waals surface area contributed by atoms with Crippen molar-refractivity contribution in [2.45, 2.75) is 45.4 Å². The number of ketones is 2. The van der Waals surface area contributed by atoms with Crippen LogP contribution in [0.3, 0.4) is 0 Å². The average molecular weight is 258 g/mol. The van der Waals surface area contributed by atoms with Gasteiger partial charge in [0, 0.05) is 25.5 Å². The molecule has 0 radical (unpaired) electrons. The van der Waals surface area contributed by atoms with E-state index >= 15 is 0 Å². The maximum atomic E-state index is 11.5. The minimum Gasteiger partial charge on any atom is -0.299 e. The molecule has 0 amide bonds. The fraction of sp³-hybridized carbons (Fsp3) is 0.467. The number of hydrogen-bond acceptors (Lipinski definition) is 4. The Labute approximate surface area is 113 Å². The highest BCUT2D eigenvalue weighted by molar-refractivity contribution is 5.99. The van der Waals surface area contributed by atoms with Crippen molar-refractivity contribution in [2.75, 3.05) is 0 Å². The lowest BCUT2D eigenvalue weighted by Crippen LogP contribution is -2.07. The van der Waals surface area contributed by atoms with Crippen molar-refractivity contribution >= 4 is 11.6 Å². The van der Waals surface area contributed by atoms with Crippen molar-refractivity contribution < 1.29 is 9.59 Å². The van der Waals surface area contributed by atoms with Crippen LogP contribution in [0.4, 0.5) is 0 Å². The molecule has 1 rings (SSSR count). The Morgan fingerprint density at radius 2 is 2.05 bits per heavy atom. The Bertz CT molecular complexity index is 472. The smallest absolute Gasteiger partial charge is 0.141 e. The number of hydrogen-bond donors (Lipinski definition) is 0. The van der Waals surface area contributed by atoms with Gasteiger partial charge in [0.25, 0.3) is 0 Å². The molecule has 100 valence electrons. The van der Waals surface area contributed by atoms with Gasteiger partial charge in [0.15, 0.2) is 0 Å². The van der Waals surface area contributed by atoms with Crippen LogP contribution in [0, 0.1) is 11.8 Å². The third-order valence-electron chi connectivity index (χ3n) is 2.52. The lowest BCUT2D eigenvalue weighted by atomic mass is 10.1. The molecule has 1 aromatic heterocycles. The van der Waals surface area contributed by atoms with E-state index in [2.05, 4.69) is 22.0 Å².